The molecule has 1 atom stereocenters. The third kappa shape index (κ3) is 5.45. The number of hydrogen-bond acceptors (Lipinski definition) is 3. The number of sulfonamides is 1. The topological polar surface area (TPSA) is 49.4 Å². The summed E-state index contributed by atoms with van der Waals surface area (Å²) in [5.41, 5.74) is 5.31. The van der Waals surface area contributed by atoms with Gasteiger partial charge in [-0.2, -0.15) is 0 Å². The van der Waals surface area contributed by atoms with Gasteiger partial charge in [-0.3, -0.25) is 9.62 Å². The first-order valence-corrected chi connectivity index (χ1v) is 12.7. The predicted molar refractivity (Wildman–Crippen MR) is 131 cm³/mol. The zero-order valence-electron chi connectivity index (χ0n) is 19.6. The zero-order valence-corrected chi connectivity index (χ0v) is 20.4. The fourth-order valence-corrected chi connectivity index (χ4v) is 5.33. The van der Waals surface area contributed by atoms with Gasteiger partial charge in [-0.25, -0.2) is 12.8 Å². The van der Waals surface area contributed by atoms with Crippen molar-refractivity contribution in [2.24, 2.45) is 0 Å². The van der Waals surface area contributed by atoms with Crippen LogP contribution in [0.2, 0.25) is 0 Å². The zero-order chi connectivity index (χ0) is 23.8. The normalized spacial score (nSPS) is 15.3. The third-order valence-corrected chi connectivity index (χ3v) is 7.68. The van der Waals surface area contributed by atoms with Crippen LogP contribution in [0, 0.1) is 5.82 Å². The summed E-state index contributed by atoms with van der Waals surface area (Å²) in [5, 5.41) is 0. The highest BCUT2D eigenvalue weighted by atomic mass is 32.2. The summed E-state index contributed by atoms with van der Waals surface area (Å²) in [6, 6.07) is 19.8. The Morgan fingerprint density at radius 1 is 0.939 bits per heavy atom. The second kappa shape index (κ2) is 8.92. The van der Waals surface area contributed by atoms with Crippen molar-refractivity contribution in [3.8, 4) is 0 Å². The highest BCUT2D eigenvalue weighted by Crippen LogP contribution is 2.29. The molecule has 1 aliphatic rings. The highest BCUT2D eigenvalue weighted by Gasteiger charge is 2.26. The molecule has 6 heteroatoms. The number of halogens is 1. The summed E-state index contributed by atoms with van der Waals surface area (Å²) in [6.07, 6.45) is 0.940. The quantitative estimate of drug-likeness (QED) is 0.494. The van der Waals surface area contributed by atoms with Gasteiger partial charge in [0.25, 0.3) is 10.0 Å². The van der Waals surface area contributed by atoms with E-state index in [0.29, 0.717) is 11.7 Å². The highest BCUT2D eigenvalue weighted by molar-refractivity contribution is 7.92. The molecule has 1 unspecified atom stereocenters. The standard InChI is InChI=1S/C27H31FN2O2S/c1-19(15-20-5-8-23(9-6-20)27(2,3)4)30-17-21-7-14-26(16-22(21)18-30)33(31,32)29-25-12-10-24(28)11-13-25/h5-14,16,19,29H,15,17-18H2,1-4H3. The van der Waals surface area contributed by atoms with Crippen molar-refractivity contribution in [2.75, 3.05) is 4.72 Å². The molecule has 0 amide bonds. The molecular formula is C27H31FN2O2S. The van der Waals surface area contributed by atoms with E-state index in [1.807, 2.05) is 6.07 Å². The van der Waals surface area contributed by atoms with Gasteiger partial charge in [-0.1, -0.05) is 51.1 Å². The van der Waals surface area contributed by atoms with Gasteiger partial charge in [0.05, 0.1) is 4.90 Å². The van der Waals surface area contributed by atoms with E-state index in [2.05, 4.69) is 61.6 Å². The van der Waals surface area contributed by atoms with E-state index in [-0.39, 0.29) is 10.3 Å². The fourth-order valence-electron chi connectivity index (χ4n) is 4.22. The molecule has 0 saturated carbocycles. The van der Waals surface area contributed by atoms with Crippen LogP contribution >= 0.6 is 0 Å². The minimum absolute atomic E-state index is 0.143. The van der Waals surface area contributed by atoms with Crippen LogP contribution in [0.5, 0.6) is 0 Å². The Hall–Kier alpha value is -2.70. The van der Waals surface area contributed by atoms with Gasteiger partial charge in [-0.05, 0) is 77.4 Å². The molecule has 33 heavy (non-hydrogen) atoms. The molecule has 4 nitrogen and oxygen atoms in total. The van der Waals surface area contributed by atoms with Gasteiger partial charge in [-0.15, -0.1) is 0 Å². The SMILES string of the molecule is CC(Cc1ccc(C(C)(C)C)cc1)N1Cc2ccc(S(=O)(=O)Nc3ccc(F)cc3)cc2C1. The fraction of sp³-hybridized carbons (Fsp3) is 0.333. The van der Waals surface area contributed by atoms with Gasteiger partial charge >= 0.3 is 0 Å². The van der Waals surface area contributed by atoms with E-state index in [0.717, 1.165) is 30.6 Å². The van der Waals surface area contributed by atoms with Gasteiger partial charge in [0, 0.05) is 24.8 Å². The van der Waals surface area contributed by atoms with E-state index < -0.39 is 15.8 Å². The molecule has 1 N–H and O–H groups in total. The number of nitrogens with one attached hydrogen (secondary N) is 1. The Morgan fingerprint density at radius 2 is 1.58 bits per heavy atom. The van der Waals surface area contributed by atoms with Crippen LogP contribution in [-0.2, 0) is 34.9 Å². The molecule has 0 bridgehead atoms. The molecule has 1 aliphatic heterocycles. The second-order valence-corrected chi connectivity index (χ2v) is 11.6. The molecule has 0 radical (unpaired) electrons. The molecular weight excluding hydrogens is 435 g/mol. The summed E-state index contributed by atoms with van der Waals surface area (Å²) in [6.45, 7) is 10.4. The Balaban J connectivity index is 1.43. The molecule has 0 saturated heterocycles. The van der Waals surface area contributed by atoms with Gasteiger partial charge in [0.15, 0.2) is 0 Å². The Bertz CT molecular complexity index is 1230. The van der Waals surface area contributed by atoms with Gasteiger partial charge in [0.1, 0.15) is 5.82 Å². The lowest BCUT2D eigenvalue weighted by Gasteiger charge is -2.24. The van der Waals surface area contributed by atoms with Crippen molar-refractivity contribution in [3.05, 3.63) is 94.8 Å². The van der Waals surface area contributed by atoms with Crippen molar-refractivity contribution < 1.29 is 12.8 Å². The average Bonchev–Trinajstić information content (AvgIpc) is 3.19. The predicted octanol–water partition coefficient (Wildman–Crippen LogP) is 5.87. The van der Waals surface area contributed by atoms with E-state index >= 15 is 0 Å². The van der Waals surface area contributed by atoms with Crippen LogP contribution in [0.25, 0.3) is 0 Å². The minimum Gasteiger partial charge on any atom is -0.292 e. The van der Waals surface area contributed by atoms with E-state index in [1.165, 1.54) is 35.4 Å². The van der Waals surface area contributed by atoms with Crippen molar-refractivity contribution >= 4 is 15.7 Å². The molecule has 0 fully saturated rings. The lowest BCUT2D eigenvalue weighted by atomic mass is 9.86. The summed E-state index contributed by atoms with van der Waals surface area (Å²) < 4.78 is 41.3. The maximum Gasteiger partial charge on any atom is 0.261 e. The average molecular weight is 467 g/mol. The number of rotatable bonds is 6. The summed E-state index contributed by atoms with van der Waals surface area (Å²) in [5.74, 6) is -0.408. The van der Waals surface area contributed by atoms with E-state index in [4.69, 9.17) is 0 Å². The Labute approximate surface area is 196 Å². The smallest absolute Gasteiger partial charge is 0.261 e. The Morgan fingerprint density at radius 3 is 2.21 bits per heavy atom. The van der Waals surface area contributed by atoms with Crippen LogP contribution in [0.1, 0.15) is 49.9 Å². The van der Waals surface area contributed by atoms with Crippen LogP contribution in [0.15, 0.2) is 71.6 Å². The molecule has 0 aromatic heterocycles. The van der Waals surface area contributed by atoms with Crippen molar-refractivity contribution in [1.82, 2.24) is 4.90 Å². The molecule has 0 aliphatic carbocycles. The van der Waals surface area contributed by atoms with Crippen LogP contribution < -0.4 is 4.72 Å². The summed E-state index contributed by atoms with van der Waals surface area (Å²) in [7, 11) is -3.74. The van der Waals surface area contributed by atoms with Crippen LogP contribution in [-0.4, -0.2) is 19.4 Å². The van der Waals surface area contributed by atoms with E-state index in [1.54, 1.807) is 12.1 Å². The lowest BCUT2D eigenvalue weighted by molar-refractivity contribution is 0.211. The largest absolute Gasteiger partial charge is 0.292 e. The number of hydrogen-bond donors (Lipinski definition) is 1. The van der Waals surface area contributed by atoms with Crippen molar-refractivity contribution in [1.29, 1.82) is 0 Å². The first-order chi connectivity index (χ1) is 15.5. The molecule has 4 rings (SSSR count). The lowest BCUT2D eigenvalue weighted by Crippen LogP contribution is -2.29. The third-order valence-electron chi connectivity index (χ3n) is 6.31. The first-order valence-electron chi connectivity index (χ1n) is 11.2. The first kappa shape index (κ1) is 23.5. The van der Waals surface area contributed by atoms with Crippen LogP contribution in [0.3, 0.4) is 0 Å². The number of benzene rings is 3. The van der Waals surface area contributed by atoms with E-state index in [9.17, 15) is 12.8 Å². The summed E-state index contributed by atoms with van der Waals surface area (Å²) >= 11 is 0. The minimum atomic E-state index is -3.74. The van der Waals surface area contributed by atoms with Gasteiger partial charge in [0.2, 0.25) is 0 Å². The number of anilines is 1. The molecule has 3 aromatic rings. The number of fused-ring (bicyclic) bond motifs is 1. The molecule has 1 heterocycles. The number of nitrogens with zero attached hydrogens (tertiary/aromatic N) is 1. The van der Waals surface area contributed by atoms with Crippen LogP contribution in [0.4, 0.5) is 10.1 Å². The molecule has 3 aromatic carbocycles. The maximum atomic E-state index is 13.1. The van der Waals surface area contributed by atoms with Crippen molar-refractivity contribution in [2.45, 2.75) is 63.6 Å². The summed E-state index contributed by atoms with van der Waals surface area (Å²) in [4.78, 5) is 2.60. The second-order valence-electron chi connectivity index (χ2n) is 9.95. The van der Waals surface area contributed by atoms with Crippen molar-refractivity contribution in [3.63, 3.8) is 0 Å². The van der Waals surface area contributed by atoms with Gasteiger partial charge < -0.3 is 0 Å². The molecule has 174 valence electrons. The molecule has 0 spiro atoms. The Kier molecular flexibility index (Phi) is 6.34. The monoisotopic (exact) mass is 466 g/mol. The maximum absolute atomic E-state index is 13.1.